The summed E-state index contributed by atoms with van der Waals surface area (Å²) in [4.78, 5) is 35.0. The van der Waals surface area contributed by atoms with Gasteiger partial charge in [-0.3, -0.25) is 9.89 Å². The molecule has 1 aromatic carbocycles. The molecule has 0 aliphatic carbocycles. The topological polar surface area (TPSA) is 127 Å². The van der Waals surface area contributed by atoms with Gasteiger partial charge in [0.15, 0.2) is 11.6 Å². The summed E-state index contributed by atoms with van der Waals surface area (Å²) in [5.41, 5.74) is 0.311. The lowest BCUT2D eigenvalue weighted by Crippen LogP contribution is -2.58. The number of carbonyl (C=O) groups is 2. The Kier molecular flexibility index (Phi) is 5.38. The van der Waals surface area contributed by atoms with Crippen LogP contribution in [0.4, 0.5) is 14.5 Å². The summed E-state index contributed by atoms with van der Waals surface area (Å²) in [5, 5.41) is 6.63. The predicted octanol–water partition coefficient (Wildman–Crippen LogP) is 1.90. The predicted molar refractivity (Wildman–Crippen MR) is 116 cm³/mol. The van der Waals surface area contributed by atoms with E-state index in [1.54, 1.807) is 4.90 Å². The monoisotopic (exact) mass is 468 g/mol. The second-order valence-corrected chi connectivity index (χ2v) is 7.93. The van der Waals surface area contributed by atoms with Gasteiger partial charge in [-0.1, -0.05) is 6.07 Å². The summed E-state index contributed by atoms with van der Waals surface area (Å²) >= 11 is 0. The zero-order valence-corrected chi connectivity index (χ0v) is 17.9. The van der Waals surface area contributed by atoms with Gasteiger partial charge in [0, 0.05) is 19.0 Å². The van der Waals surface area contributed by atoms with E-state index < -0.39 is 27.8 Å². The maximum absolute atomic E-state index is 14.6. The van der Waals surface area contributed by atoms with Crippen molar-refractivity contribution < 1.29 is 23.1 Å². The zero-order chi connectivity index (χ0) is 23.9. The fourth-order valence-electron chi connectivity index (χ4n) is 4.15. The third-order valence-electron chi connectivity index (χ3n) is 5.82. The van der Waals surface area contributed by atoms with Gasteiger partial charge in [-0.05, 0) is 18.6 Å². The molecule has 0 radical (unpaired) electrons. The van der Waals surface area contributed by atoms with Crippen LogP contribution in [0.2, 0.25) is 0 Å². The van der Waals surface area contributed by atoms with Crippen molar-refractivity contribution in [3.63, 3.8) is 0 Å². The maximum Gasteiger partial charge on any atom is 0.378 e. The number of fused-ring (bicyclic) bond motifs is 1. The second-order valence-electron chi connectivity index (χ2n) is 7.93. The number of halogens is 2. The Morgan fingerprint density at radius 1 is 1.21 bits per heavy atom. The molecule has 4 heterocycles. The minimum Gasteiger partial charge on any atom is -0.476 e. The second kappa shape index (κ2) is 8.39. The summed E-state index contributed by atoms with van der Waals surface area (Å²) in [6.45, 7) is 1.35. The molecule has 1 atom stereocenters. The first kappa shape index (κ1) is 21.8. The Hall–Kier alpha value is -4.03. The van der Waals surface area contributed by atoms with Crippen LogP contribution < -0.4 is 15.2 Å². The molecule has 1 saturated heterocycles. The van der Waals surface area contributed by atoms with Crippen molar-refractivity contribution in [3.8, 4) is 5.88 Å². The largest absolute Gasteiger partial charge is 0.476 e. The summed E-state index contributed by atoms with van der Waals surface area (Å²) in [6.07, 6.45) is 5.08. The molecule has 2 amide bonds. The molecule has 1 fully saturated rings. The number of quaternary nitrogens is 1. The number of rotatable bonds is 6. The number of nitrogens with one attached hydrogen (secondary N) is 1. The number of amides is 2. The van der Waals surface area contributed by atoms with Crippen LogP contribution in [-0.4, -0.2) is 56.6 Å². The van der Waals surface area contributed by atoms with E-state index >= 15 is 0 Å². The molecule has 0 saturated carbocycles. The van der Waals surface area contributed by atoms with Crippen LogP contribution in [0, 0.1) is 11.6 Å². The van der Waals surface area contributed by atoms with Crippen molar-refractivity contribution in [2.24, 2.45) is 5.84 Å². The van der Waals surface area contributed by atoms with E-state index in [1.807, 2.05) is 0 Å². The molecule has 0 spiro atoms. The van der Waals surface area contributed by atoms with Gasteiger partial charge in [-0.25, -0.2) is 23.5 Å². The first-order valence-electron chi connectivity index (χ1n) is 10.5. The van der Waals surface area contributed by atoms with Crippen molar-refractivity contribution in [2.45, 2.75) is 12.8 Å². The van der Waals surface area contributed by atoms with Gasteiger partial charge in [-0.15, -0.1) is 4.59 Å². The normalized spacial score (nSPS) is 19.9. The van der Waals surface area contributed by atoms with E-state index in [-0.39, 0.29) is 24.0 Å². The standard InChI is InChI=1S/C22H19F2N7O3/c23-15-3-1-4-16(24)21(15)31(25)11-14(20-13(22(31)33)10-28-29-20)17-9-18(27-12-26-17)34-8-7-30-6-2-5-19(30)32/h1,3-4,9-12H,2,5-8,25H2/p+1. The highest BCUT2D eigenvalue weighted by Gasteiger charge is 2.47. The van der Waals surface area contributed by atoms with Crippen LogP contribution in [0.5, 0.6) is 5.88 Å². The first-order valence-corrected chi connectivity index (χ1v) is 10.5. The minimum absolute atomic E-state index is 0.0521. The molecule has 0 bridgehead atoms. The van der Waals surface area contributed by atoms with Crippen molar-refractivity contribution in [3.05, 3.63) is 71.6 Å². The van der Waals surface area contributed by atoms with Crippen molar-refractivity contribution in [1.82, 2.24) is 29.7 Å². The number of carbonyl (C=O) groups excluding carboxylic acids is 2. The summed E-state index contributed by atoms with van der Waals surface area (Å²) in [6, 6.07) is 4.75. The zero-order valence-electron chi connectivity index (χ0n) is 17.9. The number of para-hydroxylation sites is 1. The molecule has 3 aromatic rings. The number of hydrogen-bond acceptors (Lipinski definition) is 7. The van der Waals surface area contributed by atoms with E-state index in [0.717, 1.165) is 18.6 Å². The molecule has 174 valence electrons. The smallest absolute Gasteiger partial charge is 0.378 e. The van der Waals surface area contributed by atoms with E-state index in [0.29, 0.717) is 36.5 Å². The molecular weight excluding hydrogens is 448 g/mol. The Bertz CT molecular complexity index is 1310. The van der Waals surface area contributed by atoms with Gasteiger partial charge < -0.3 is 9.64 Å². The quantitative estimate of drug-likeness (QED) is 0.321. The van der Waals surface area contributed by atoms with Gasteiger partial charge in [0.1, 0.15) is 24.7 Å². The molecule has 2 aliphatic rings. The van der Waals surface area contributed by atoms with Crippen molar-refractivity contribution in [1.29, 1.82) is 0 Å². The molecule has 3 N–H and O–H groups in total. The molecule has 34 heavy (non-hydrogen) atoms. The Morgan fingerprint density at radius 2 is 2.00 bits per heavy atom. The summed E-state index contributed by atoms with van der Waals surface area (Å²) < 4.78 is 33.7. The van der Waals surface area contributed by atoms with Crippen LogP contribution >= 0.6 is 0 Å². The van der Waals surface area contributed by atoms with Gasteiger partial charge in [0.25, 0.3) is 0 Å². The molecule has 2 aromatic heterocycles. The van der Waals surface area contributed by atoms with Crippen LogP contribution in [-0.2, 0) is 4.79 Å². The van der Waals surface area contributed by atoms with Gasteiger partial charge in [-0.2, -0.15) is 10.9 Å². The van der Waals surface area contributed by atoms with E-state index in [1.165, 1.54) is 30.9 Å². The first-order chi connectivity index (χ1) is 16.4. The van der Waals surface area contributed by atoms with Crippen molar-refractivity contribution >= 4 is 23.1 Å². The van der Waals surface area contributed by atoms with Crippen LogP contribution in [0.1, 0.15) is 34.6 Å². The molecule has 10 nitrogen and oxygen atoms in total. The number of H-pyrrole nitrogens is 1. The molecule has 2 aliphatic heterocycles. The Balaban J connectivity index is 1.50. The number of nitrogens with two attached hydrogens (primary N) is 1. The minimum atomic E-state index is -1.28. The highest BCUT2D eigenvalue weighted by molar-refractivity contribution is 6.10. The molecule has 5 rings (SSSR count). The highest BCUT2D eigenvalue weighted by atomic mass is 19.1. The van der Waals surface area contributed by atoms with Crippen LogP contribution in [0.25, 0.3) is 5.57 Å². The third kappa shape index (κ3) is 3.62. The number of likely N-dealkylation sites (tertiary alicyclic amines) is 1. The summed E-state index contributed by atoms with van der Waals surface area (Å²) in [5.74, 6) is 3.91. The molecule has 12 heteroatoms. The van der Waals surface area contributed by atoms with Crippen LogP contribution in [0.15, 0.2) is 43.0 Å². The average molecular weight is 468 g/mol. The fourth-order valence-corrected chi connectivity index (χ4v) is 4.15. The van der Waals surface area contributed by atoms with E-state index in [9.17, 15) is 18.4 Å². The van der Waals surface area contributed by atoms with E-state index in [4.69, 9.17) is 10.6 Å². The van der Waals surface area contributed by atoms with E-state index in [2.05, 4.69) is 20.2 Å². The van der Waals surface area contributed by atoms with Gasteiger partial charge in [0.05, 0.1) is 29.7 Å². The number of benzene rings is 1. The number of hydrogen-bond donors (Lipinski definition) is 2. The average Bonchev–Trinajstić information content (AvgIpc) is 3.46. The lowest BCUT2D eigenvalue weighted by atomic mass is 10.00. The molecular formula is C22H20F2N7O3+. The number of aromatic nitrogens is 4. The lowest BCUT2D eigenvalue weighted by Gasteiger charge is -2.29. The van der Waals surface area contributed by atoms with Crippen LogP contribution in [0.3, 0.4) is 0 Å². The summed E-state index contributed by atoms with van der Waals surface area (Å²) in [7, 11) is 0. The Labute approximate surface area is 192 Å². The lowest BCUT2D eigenvalue weighted by molar-refractivity contribution is -0.128. The number of ether oxygens (including phenoxy) is 1. The number of nitrogens with zero attached hydrogens (tertiary/aromatic N) is 5. The van der Waals surface area contributed by atoms with Gasteiger partial charge >= 0.3 is 5.91 Å². The van der Waals surface area contributed by atoms with Gasteiger partial charge in [0.2, 0.25) is 17.5 Å². The SMILES string of the molecule is N[N+]1(c2c(F)cccc2F)C=C(c2cc(OCCN3CCCC3=O)ncn2)c2[nH]ncc2C1=O. The third-order valence-corrected chi connectivity index (χ3v) is 5.82. The maximum atomic E-state index is 14.6. The highest BCUT2D eigenvalue weighted by Crippen LogP contribution is 2.37. The molecule has 1 unspecified atom stereocenters. The van der Waals surface area contributed by atoms with Crippen molar-refractivity contribution in [2.75, 3.05) is 19.7 Å². The Morgan fingerprint density at radius 3 is 2.74 bits per heavy atom. The number of aromatic amines is 1. The fraction of sp³-hybridized carbons (Fsp3) is 0.227.